The third-order valence-corrected chi connectivity index (χ3v) is 2.48. The Morgan fingerprint density at radius 1 is 1.65 bits per heavy atom. The SMILES string of the molecule is CC(CCC(=O)NN)Oc1cccc(Cl)c1F. The third kappa shape index (κ3) is 4.20. The van der Waals surface area contributed by atoms with Crippen molar-refractivity contribution in [3.8, 4) is 5.75 Å². The second kappa shape index (κ2) is 6.42. The normalized spacial score (nSPS) is 12.0. The Labute approximate surface area is 104 Å². The smallest absolute Gasteiger partial charge is 0.234 e. The van der Waals surface area contributed by atoms with Crippen LogP contribution in [0, 0.1) is 5.82 Å². The Bertz CT molecular complexity index is 401. The standard InChI is InChI=1S/C11H14ClFN2O2/c1-7(5-6-10(16)15-14)17-9-4-2-3-8(12)11(9)13/h2-4,7H,5-6,14H2,1H3,(H,15,16). The molecule has 0 saturated heterocycles. The zero-order valence-electron chi connectivity index (χ0n) is 9.37. The van der Waals surface area contributed by atoms with Gasteiger partial charge in [0, 0.05) is 6.42 Å². The van der Waals surface area contributed by atoms with Gasteiger partial charge >= 0.3 is 0 Å². The van der Waals surface area contributed by atoms with Crippen molar-refractivity contribution < 1.29 is 13.9 Å². The van der Waals surface area contributed by atoms with E-state index < -0.39 is 5.82 Å². The molecule has 0 radical (unpaired) electrons. The predicted octanol–water partition coefficient (Wildman–Crippen LogP) is 2.02. The highest BCUT2D eigenvalue weighted by atomic mass is 35.5. The van der Waals surface area contributed by atoms with Gasteiger partial charge in [-0.3, -0.25) is 10.2 Å². The lowest BCUT2D eigenvalue weighted by Crippen LogP contribution is -2.30. The second-order valence-electron chi connectivity index (χ2n) is 3.59. The van der Waals surface area contributed by atoms with E-state index >= 15 is 0 Å². The lowest BCUT2D eigenvalue weighted by Gasteiger charge is -2.15. The fourth-order valence-electron chi connectivity index (χ4n) is 1.26. The van der Waals surface area contributed by atoms with Crippen LogP contribution in [0.25, 0.3) is 0 Å². The molecule has 1 rings (SSSR count). The maximum atomic E-state index is 13.5. The van der Waals surface area contributed by atoms with E-state index in [0.29, 0.717) is 6.42 Å². The monoisotopic (exact) mass is 260 g/mol. The van der Waals surface area contributed by atoms with Crippen molar-refractivity contribution in [2.24, 2.45) is 5.84 Å². The fraction of sp³-hybridized carbons (Fsp3) is 0.364. The number of ether oxygens (including phenoxy) is 1. The molecule has 0 heterocycles. The number of rotatable bonds is 5. The van der Waals surface area contributed by atoms with Crippen molar-refractivity contribution in [3.63, 3.8) is 0 Å². The molecule has 0 aliphatic heterocycles. The number of nitrogens with two attached hydrogens (primary N) is 1. The lowest BCUT2D eigenvalue weighted by molar-refractivity contribution is -0.121. The first-order chi connectivity index (χ1) is 8.04. The van der Waals surface area contributed by atoms with Gasteiger partial charge in [-0.1, -0.05) is 17.7 Å². The zero-order valence-corrected chi connectivity index (χ0v) is 10.1. The van der Waals surface area contributed by atoms with Crippen LogP contribution in [0.2, 0.25) is 5.02 Å². The minimum Gasteiger partial charge on any atom is -0.488 e. The van der Waals surface area contributed by atoms with Gasteiger partial charge in [0.15, 0.2) is 11.6 Å². The van der Waals surface area contributed by atoms with Crippen LogP contribution in [-0.4, -0.2) is 12.0 Å². The Morgan fingerprint density at radius 2 is 2.35 bits per heavy atom. The van der Waals surface area contributed by atoms with Crippen LogP contribution >= 0.6 is 11.6 Å². The highest BCUT2D eigenvalue weighted by Gasteiger charge is 2.12. The van der Waals surface area contributed by atoms with Gasteiger partial charge in [0.25, 0.3) is 0 Å². The molecule has 6 heteroatoms. The highest BCUT2D eigenvalue weighted by molar-refractivity contribution is 6.30. The molecule has 1 atom stereocenters. The van der Waals surface area contributed by atoms with E-state index in [9.17, 15) is 9.18 Å². The summed E-state index contributed by atoms with van der Waals surface area (Å²) in [5.41, 5.74) is 2.02. The first-order valence-electron chi connectivity index (χ1n) is 5.14. The molecule has 1 unspecified atom stereocenters. The maximum Gasteiger partial charge on any atom is 0.234 e. The topological polar surface area (TPSA) is 64.4 Å². The van der Waals surface area contributed by atoms with Crippen molar-refractivity contribution in [1.82, 2.24) is 5.43 Å². The average molecular weight is 261 g/mol. The van der Waals surface area contributed by atoms with E-state index in [2.05, 4.69) is 0 Å². The number of halogens is 2. The number of hydrogen-bond donors (Lipinski definition) is 2. The zero-order chi connectivity index (χ0) is 12.8. The lowest BCUT2D eigenvalue weighted by atomic mass is 10.2. The largest absolute Gasteiger partial charge is 0.488 e. The molecule has 1 amide bonds. The summed E-state index contributed by atoms with van der Waals surface area (Å²) in [6.45, 7) is 1.74. The molecule has 94 valence electrons. The molecule has 3 N–H and O–H groups in total. The molecule has 0 aliphatic rings. The van der Waals surface area contributed by atoms with E-state index in [1.807, 2.05) is 5.43 Å². The van der Waals surface area contributed by atoms with Crippen molar-refractivity contribution in [2.45, 2.75) is 25.9 Å². The molecular formula is C11H14ClFN2O2. The van der Waals surface area contributed by atoms with Crippen molar-refractivity contribution in [3.05, 3.63) is 29.0 Å². The molecule has 4 nitrogen and oxygen atoms in total. The molecule has 17 heavy (non-hydrogen) atoms. The summed E-state index contributed by atoms with van der Waals surface area (Å²) >= 11 is 5.61. The van der Waals surface area contributed by atoms with Crippen LogP contribution in [-0.2, 0) is 4.79 Å². The number of benzene rings is 1. The quantitative estimate of drug-likeness (QED) is 0.484. The Morgan fingerprint density at radius 3 is 3.00 bits per heavy atom. The molecule has 0 bridgehead atoms. The van der Waals surface area contributed by atoms with Gasteiger partial charge in [-0.15, -0.1) is 0 Å². The van der Waals surface area contributed by atoms with Gasteiger partial charge in [-0.25, -0.2) is 10.2 Å². The van der Waals surface area contributed by atoms with E-state index in [-0.39, 0.29) is 29.2 Å². The molecule has 1 aromatic carbocycles. The van der Waals surface area contributed by atoms with E-state index in [4.69, 9.17) is 22.2 Å². The van der Waals surface area contributed by atoms with Crippen LogP contribution in [0.15, 0.2) is 18.2 Å². The van der Waals surface area contributed by atoms with Crippen LogP contribution in [0.4, 0.5) is 4.39 Å². The van der Waals surface area contributed by atoms with Crippen LogP contribution in [0.5, 0.6) is 5.75 Å². The summed E-state index contributed by atoms with van der Waals surface area (Å²) in [4.78, 5) is 10.9. The van der Waals surface area contributed by atoms with E-state index in [0.717, 1.165) is 0 Å². The average Bonchev–Trinajstić information content (AvgIpc) is 2.32. The summed E-state index contributed by atoms with van der Waals surface area (Å²) in [7, 11) is 0. The molecular weight excluding hydrogens is 247 g/mol. The summed E-state index contributed by atoms with van der Waals surface area (Å²) in [6, 6.07) is 4.52. The minimum atomic E-state index is -0.593. The van der Waals surface area contributed by atoms with E-state index in [1.54, 1.807) is 13.0 Å². The number of amides is 1. The Balaban J connectivity index is 2.53. The van der Waals surface area contributed by atoms with Gasteiger partial charge in [-0.05, 0) is 25.5 Å². The fourth-order valence-corrected chi connectivity index (χ4v) is 1.42. The van der Waals surface area contributed by atoms with Crippen LogP contribution < -0.4 is 16.0 Å². The minimum absolute atomic E-state index is 0.00870. The predicted molar refractivity (Wildman–Crippen MR) is 63.1 cm³/mol. The van der Waals surface area contributed by atoms with Crippen molar-refractivity contribution in [1.29, 1.82) is 0 Å². The number of hydrogen-bond acceptors (Lipinski definition) is 3. The maximum absolute atomic E-state index is 13.5. The Kier molecular flexibility index (Phi) is 5.18. The van der Waals surface area contributed by atoms with Gasteiger partial charge in [0.05, 0.1) is 11.1 Å². The highest BCUT2D eigenvalue weighted by Crippen LogP contribution is 2.25. The number of nitrogens with one attached hydrogen (secondary N) is 1. The second-order valence-corrected chi connectivity index (χ2v) is 3.99. The summed E-state index contributed by atoms with van der Waals surface area (Å²) in [5, 5.41) is 0.00870. The molecule has 0 fully saturated rings. The van der Waals surface area contributed by atoms with Gasteiger partial charge < -0.3 is 4.74 Å². The van der Waals surface area contributed by atoms with Gasteiger partial charge in [0.1, 0.15) is 0 Å². The third-order valence-electron chi connectivity index (χ3n) is 2.18. The molecule has 0 spiro atoms. The summed E-state index contributed by atoms with van der Waals surface area (Å²) in [6.07, 6.45) is 0.356. The first kappa shape index (κ1) is 13.7. The number of hydrazine groups is 1. The number of carbonyl (C=O) groups excluding carboxylic acids is 1. The summed E-state index contributed by atoms with van der Waals surface area (Å²) < 4.78 is 18.8. The van der Waals surface area contributed by atoms with Gasteiger partial charge in [0.2, 0.25) is 5.91 Å². The molecule has 1 aromatic rings. The molecule has 0 aromatic heterocycles. The Hall–Kier alpha value is -1.33. The number of carbonyl (C=O) groups is 1. The first-order valence-corrected chi connectivity index (χ1v) is 5.52. The van der Waals surface area contributed by atoms with Crippen LogP contribution in [0.1, 0.15) is 19.8 Å². The van der Waals surface area contributed by atoms with Crippen molar-refractivity contribution in [2.75, 3.05) is 0 Å². The van der Waals surface area contributed by atoms with E-state index in [1.165, 1.54) is 12.1 Å². The summed E-state index contributed by atoms with van der Waals surface area (Å²) in [5.74, 6) is 4.14. The molecule has 0 aliphatic carbocycles. The van der Waals surface area contributed by atoms with Gasteiger partial charge in [-0.2, -0.15) is 0 Å². The van der Waals surface area contributed by atoms with Crippen LogP contribution in [0.3, 0.4) is 0 Å². The molecule has 0 saturated carbocycles. The van der Waals surface area contributed by atoms with Crippen molar-refractivity contribution >= 4 is 17.5 Å².